The maximum absolute atomic E-state index is 13.3. The van der Waals surface area contributed by atoms with Crippen LogP contribution in [0, 0.1) is 5.41 Å². The number of nitrogens with two attached hydrogens (primary N) is 2. The minimum atomic E-state index is -0.212. The Morgan fingerprint density at radius 3 is 2.69 bits per heavy atom. The lowest BCUT2D eigenvalue weighted by molar-refractivity contribution is 0.0682. The molecule has 1 aromatic carbocycles. The maximum Gasteiger partial charge on any atom is 0.276 e. The predicted octanol–water partition coefficient (Wildman–Crippen LogP) is 3.29. The number of carbonyl (C=O) groups is 1. The number of aromatic nitrogens is 3. The van der Waals surface area contributed by atoms with Crippen molar-refractivity contribution in [3.05, 3.63) is 63.4 Å². The van der Waals surface area contributed by atoms with Gasteiger partial charge in [-0.05, 0) is 35.8 Å². The van der Waals surface area contributed by atoms with E-state index >= 15 is 0 Å². The van der Waals surface area contributed by atoms with E-state index < -0.39 is 0 Å². The van der Waals surface area contributed by atoms with E-state index in [9.17, 15) is 4.79 Å². The van der Waals surface area contributed by atoms with Gasteiger partial charge in [-0.1, -0.05) is 38.1 Å². The van der Waals surface area contributed by atoms with E-state index in [0.29, 0.717) is 13.1 Å². The highest BCUT2D eigenvalue weighted by Crippen LogP contribution is 2.50. The molecule has 0 saturated carbocycles. The van der Waals surface area contributed by atoms with Crippen molar-refractivity contribution >= 4 is 28.9 Å². The van der Waals surface area contributed by atoms with Gasteiger partial charge in [0.15, 0.2) is 11.5 Å². The molecular weight excluding hydrogens is 458 g/mol. The van der Waals surface area contributed by atoms with Crippen molar-refractivity contribution in [3.63, 3.8) is 0 Å². The lowest BCUT2D eigenvalue weighted by Gasteiger charge is -2.42. The molecule has 0 radical (unpaired) electrons. The van der Waals surface area contributed by atoms with Crippen LogP contribution in [-0.2, 0) is 18.4 Å². The number of hydrogen-bond donors (Lipinski definition) is 2. The smallest absolute Gasteiger partial charge is 0.276 e. The number of piperidine rings is 1. The van der Waals surface area contributed by atoms with E-state index in [0.717, 1.165) is 48.7 Å². The van der Waals surface area contributed by atoms with Crippen LogP contribution in [0.4, 0.5) is 11.6 Å². The van der Waals surface area contributed by atoms with Crippen LogP contribution in [0.5, 0.6) is 0 Å². The molecule has 4 N–H and O–H groups in total. The second-order valence-electron chi connectivity index (χ2n) is 10.8. The van der Waals surface area contributed by atoms with Gasteiger partial charge in [0.2, 0.25) is 0 Å². The zero-order chi connectivity index (χ0) is 24.4. The summed E-state index contributed by atoms with van der Waals surface area (Å²) in [6.07, 6.45) is 4.71. The number of rotatable bonds is 2. The summed E-state index contributed by atoms with van der Waals surface area (Å²) in [4.78, 5) is 32.1. The summed E-state index contributed by atoms with van der Waals surface area (Å²) in [6, 6.07) is 8.63. The first-order valence-corrected chi connectivity index (χ1v) is 13.1. The Morgan fingerprint density at radius 2 is 1.94 bits per heavy atom. The molecule has 1 amide bonds. The summed E-state index contributed by atoms with van der Waals surface area (Å²) < 4.78 is 0. The van der Waals surface area contributed by atoms with Crippen molar-refractivity contribution < 1.29 is 4.79 Å². The van der Waals surface area contributed by atoms with E-state index in [4.69, 9.17) is 11.5 Å². The van der Waals surface area contributed by atoms with Gasteiger partial charge in [-0.25, -0.2) is 15.0 Å². The molecule has 0 unspecified atom stereocenters. The fourth-order valence-corrected chi connectivity index (χ4v) is 7.16. The second-order valence-corrected chi connectivity index (χ2v) is 11.8. The average Bonchev–Trinajstić information content (AvgIpc) is 3.43. The van der Waals surface area contributed by atoms with Gasteiger partial charge in [0.1, 0.15) is 5.82 Å². The van der Waals surface area contributed by atoms with Gasteiger partial charge in [0, 0.05) is 36.0 Å². The fraction of sp³-hybridized carbons (Fsp3) is 0.462. The molecule has 0 bridgehead atoms. The number of amides is 1. The van der Waals surface area contributed by atoms with E-state index in [-0.39, 0.29) is 34.3 Å². The van der Waals surface area contributed by atoms with E-state index in [1.165, 1.54) is 11.1 Å². The number of thiazole rings is 1. The molecule has 1 aliphatic carbocycles. The van der Waals surface area contributed by atoms with Crippen LogP contribution < -0.4 is 16.4 Å². The van der Waals surface area contributed by atoms with Crippen LogP contribution in [0.2, 0.25) is 0 Å². The predicted molar refractivity (Wildman–Crippen MR) is 137 cm³/mol. The van der Waals surface area contributed by atoms with Gasteiger partial charge in [-0.15, -0.1) is 11.3 Å². The number of benzene rings is 1. The Morgan fingerprint density at radius 1 is 1.17 bits per heavy atom. The zero-order valence-corrected chi connectivity index (χ0v) is 21.0. The number of nitrogens with zero attached hydrogens (tertiary/aromatic N) is 5. The zero-order valence-electron chi connectivity index (χ0n) is 20.2. The molecule has 9 heteroatoms. The summed E-state index contributed by atoms with van der Waals surface area (Å²) >= 11 is 1.59. The summed E-state index contributed by atoms with van der Waals surface area (Å²) in [5.41, 5.74) is 18.7. The average molecular weight is 490 g/mol. The van der Waals surface area contributed by atoms with Gasteiger partial charge in [-0.2, -0.15) is 0 Å². The second kappa shape index (κ2) is 7.99. The molecule has 182 valence electrons. The van der Waals surface area contributed by atoms with Gasteiger partial charge < -0.3 is 21.3 Å². The normalized spacial score (nSPS) is 22.2. The number of hydrogen-bond acceptors (Lipinski definition) is 8. The number of nitrogen functional groups attached to an aromatic ring is 1. The molecule has 1 atom stereocenters. The van der Waals surface area contributed by atoms with Crippen LogP contribution >= 0.6 is 11.3 Å². The van der Waals surface area contributed by atoms with Crippen molar-refractivity contribution in [2.24, 2.45) is 11.1 Å². The lowest BCUT2D eigenvalue weighted by Crippen LogP contribution is -2.45. The van der Waals surface area contributed by atoms with Crippen LogP contribution in [0.3, 0.4) is 0 Å². The SMILES string of the molecule is CC1(C)CN(C(=O)c2ncc(N3CCC4(CC3)Cc3ccccc3[C@H]4N)nc2N)Cc2scnc21. The highest BCUT2D eigenvalue weighted by atomic mass is 32.1. The Balaban J connectivity index is 1.16. The highest BCUT2D eigenvalue weighted by Gasteiger charge is 2.46. The van der Waals surface area contributed by atoms with Gasteiger partial charge in [0.25, 0.3) is 5.91 Å². The molecule has 4 heterocycles. The molecule has 1 saturated heterocycles. The summed E-state index contributed by atoms with van der Waals surface area (Å²) in [5.74, 6) is 0.730. The molecule has 8 nitrogen and oxygen atoms in total. The van der Waals surface area contributed by atoms with E-state index in [1.54, 1.807) is 17.5 Å². The Bertz CT molecular complexity index is 1290. The monoisotopic (exact) mass is 489 g/mol. The van der Waals surface area contributed by atoms with Crippen LogP contribution in [0.15, 0.2) is 36.0 Å². The van der Waals surface area contributed by atoms with Crippen molar-refractivity contribution in [3.8, 4) is 0 Å². The molecule has 3 aliphatic rings. The first-order valence-electron chi connectivity index (χ1n) is 12.2. The number of anilines is 2. The van der Waals surface area contributed by atoms with Gasteiger partial charge >= 0.3 is 0 Å². The van der Waals surface area contributed by atoms with Gasteiger partial charge in [-0.3, -0.25) is 4.79 Å². The molecule has 2 aliphatic heterocycles. The molecule has 35 heavy (non-hydrogen) atoms. The number of fused-ring (bicyclic) bond motifs is 2. The number of carbonyl (C=O) groups excluding carboxylic acids is 1. The molecule has 1 fully saturated rings. The van der Waals surface area contributed by atoms with Gasteiger partial charge in [0.05, 0.1) is 23.9 Å². The van der Waals surface area contributed by atoms with Crippen molar-refractivity contribution in [2.75, 3.05) is 30.3 Å². The molecular formula is C26H31N7OS. The Hall–Kier alpha value is -3.04. The molecule has 2 aromatic heterocycles. The third-order valence-electron chi connectivity index (χ3n) is 8.15. The van der Waals surface area contributed by atoms with Crippen LogP contribution in [0.25, 0.3) is 0 Å². The molecule has 1 spiro atoms. The molecule has 3 aromatic rings. The first kappa shape index (κ1) is 22.4. The van der Waals surface area contributed by atoms with Crippen LogP contribution in [0.1, 0.15) is 64.9 Å². The van der Waals surface area contributed by atoms with Crippen molar-refractivity contribution in [1.82, 2.24) is 19.9 Å². The van der Waals surface area contributed by atoms with E-state index in [1.807, 2.05) is 10.4 Å². The van der Waals surface area contributed by atoms with Crippen LogP contribution in [-0.4, -0.2) is 45.4 Å². The first-order chi connectivity index (χ1) is 16.8. The summed E-state index contributed by atoms with van der Waals surface area (Å²) in [5, 5.41) is 0. The molecule has 6 rings (SSSR count). The van der Waals surface area contributed by atoms with Crippen molar-refractivity contribution in [1.29, 1.82) is 0 Å². The third-order valence-corrected chi connectivity index (χ3v) is 8.97. The Labute approximate surface area is 209 Å². The summed E-state index contributed by atoms with van der Waals surface area (Å²) in [6.45, 7) is 7.02. The summed E-state index contributed by atoms with van der Waals surface area (Å²) in [7, 11) is 0. The maximum atomic E-state index is 13.3. The topological polar surface area (TPSA) is 114 Å². The standard InChI is InChI=1S/C26H31N7OS/c1-25(2)14-33(13-18-22(25)30-15-35-18)24(34)20-23(28)31-19(12-29-20)32-9-7-26(8-10-32)11-16-5-3-4-6-17(16)21(26)27/h3-6,12,15,21H,7-11,13-14,27H2,1-2H3,(H2,28,31)/t21-/m1/s1. The lowest BCUT2D eigenvalue weighted by atomic mass is 9.73. The van der Waals surface area contributed by atoms with Crippen molar-refractivity contribution in [2.45, 2.75) is 51.1 Å². The third kappa shape index (κ3) is 3.60. The minimum absolute atomic E-state index is 0.0739. The highest BCUT2D eigenvalue weighted by molar-refractivity contribution is 7.09. The largest absolute Gasteiger partial charge is 0.382 e. The quantitative estimate of drug-likeness (QED) is 0.568. The fourth-order valence-electron chi connectivity index (χ4n) is 6.21. The Kier molecular flexibility index (Phi) is 5.12. The van der Waals surface area contributed by atoms with E-state index in [2.05, 4.69) is 58.0 Å². The minimum Gasteiger partial charge on any atom is -0.382 e.